The highest BCUT2D eigenvalue weighted by Crippen LogP contribution is 2.32. The molecule has 1 atom stereocenters. The molecule has 5 nitrogen and oxygen atoms in total. The molecule has 3 rings (SSSR count). The van der Waals surface area contributed by atoms with Gasteiger partial charge in [0.1, 0.15) is 0 Å². The first-order valence-electron chi connectivity index (χ1n) is 9.43. The van der Waals surface area contributed by atoms with Crippen LogP contribution < -0.4 is 16.0 Å². The fourth-order valence-electron chi connectivity index (χ4n) is 3.29. The van der Waals surface area contributed by atoms with E-state index in [1.807, 2.05) is 24.3 Å². The van der Waals surface area contributed by atoms with Gasteiger partial charge in [-0.15, -0.1) is 0 Å². The molecular formula is C22H22F3N3O2. The molecule has 30 heavy (non-hydrogen) atoms. The second-order valence-corrected chi connectivity index (χ2v) is 7.42. The third-order valence-corrected chi connectivity index (χ3v) is 4.90. The number of carbonyl (C=O) groups is 2. The summed E-state index contributed by atoms with van der Waals surface area (Å²) in [7, 11) is 0. The van der Waals surface area contributed by atoms with Crippen molar-refractivity contribution in [1.29, 1.82) is 0 Å². The number of hydrogen-bond donors (Lipinski definition) is 3. The summed E-state index contributed by atoms with van der Waals surface area (Å²) in [5.74, 6) is -0.278. The highest BCUT2D eigenvalue weighted by molar-refractivity contribution is 6.06. The molecule has 0 fully saturated rings. The van der Waals surface area contributed by atoms with Crippen molar-refractivity contribution in [2.45, 2.75) is 38.9 Å². The van der Waals surface area contributed by atoms with E-state index >= 15 is 0 Å². The maximum atomic E-state index is 13.0. The van der Waals surface area contributed by atoms with Crippen molar-refractivity contribution < 1.29 is 22.8 Å². The number of allylic oxidation sites excluding steroid dienone is 1. The normalized spacial score (nSPS) is 16.9. The third-order valence-electron chi connectivity index (χ3n) is 4.90. The van der Waals surface area contributed by atoms with Crippen LogP contribution in [0.1, 0.15) is 49.4 Å². The van der Waals surface area contributed by atoms with Gasteiger partial charge in [-0.3, -0.25) is 4.79 Å². The maximum absolute atomic E-state index is 13.0. The van der Waals surface area contributed by atoms with Gasteiger partial charge in [0.25, 0.3) is 5.91 Å². The number of alkyl halides is 3. The van der Waals surface area contributed by atoms with Crippen LogP contribution in [0.3, 0.4) is 0 Å². The summed E-state index contributed by atoms with van der Waals surface area (Å²) in [6, 6.07) is 10.7. The fourth-order valence-corrected chi connectivity index (χ4v) is 3.29. The van der Waals surface area contributed by atoms with Crippen molar-refractivity contribution in [3.63, 3.8) is 0 Å². The molecule has 0 aliphatic carbocycles. The standard InChI is InChI=1S/C22H22F3N3O2/c1-12(2)14-7-9-15(10-8-14)19-18(13(3)26-21(30)28-19)20(29)27-17-6-4-5-16(11-17)22(23,24)25/h4-12,19H,1-3H3,(H,27,29)(H2,26,28,30)/t19-/m1/s1. The Morgan fingerprint density at radius 1 is 1.10 bits per heavy atom. The van der Waals surface area contributed by atoms with E-state index in [2.05, 4.69) is 29.8 Å². The quantitative estimate of drug-likeness (QED) is 0.648. The average Bonchev–Trinajstić information content (AvgIpc) is 2.67. The highest BCUT2D eigenvalue weighted by atomic mass is 19.4. The second kappa shape index (κ2) is 8.22. The summed E-state index contributed by atoms with van der Waals surface area (Å²) in [6.07, 6.45) is -4.52. The molecule has 3 N–H and O–H groups in total. The molecule has 0 spiro atoms. The van der Waals surface area contributed by atoms with Crippen molar-refractivity contribution in [2.24, 2.45) is 0 Å². The Labute approximate surface area is 172 Å². The van der Waals surface area contributed by atoms with Crippen molar-refractivity contribution in [3.8, 4) is 0 Å². The monoisotopic (exact) mass is 417 g/mol. The van der Waals surface area contributed by atoms with E-state index in [1.54, 1.807) is 6.92 Å². The molecule has 0 radical (unpaired) electrons. The van der Waals surface area contributed by atoms with Gasteiger partial charge in [-0.2, -0.15) is 13.2 Å². The number of urea groups is 1. The molecule has 0 saturated carbocycles. The Balaban J connectivity index is 1.91. The number of carbonyl (C=O) groups excluding carboxylic acids is 2. The van der Waals surface area contributed by atoms with Crippen LogP contribution in [0.25, 0.3) is 0 Å². The number of rotatable bonds is 4. The number of benzene rings is 2. The summed E-state index contributed by atoms with van der Waals surface area (Å²) >= 11 is 0. The predicted molar refractivity (Wildman–Crippen MR) is 108 cm³/mol. The fraction of sp³-hybridized carbons (Fsp3) is 0.273. The number of hydrogen-bond acceptors (Lipinski definition) is 2. The lowest BCUT2D eigenvalue weighted by molar-refractivity contribution is -0.137. The van der Waals surface area contributed by atoms with Crippen molar-refractivity contribution >= 4 is 17.6 Å². The van der Waals surface area contributed by atoms with Gasteiger partial charge in [-0.25, -0.2) is 4.79 Å². The van der Waals surface area contributed by atoms with Crippen molar-refractivity contribution in [3.05, 3.63) is 76.5 Å². The van der Waals surface area contributed by atoms with Crippen LogP contribution in [-0.2, 0) is 11.0 Å². The predicted octanol–water partition coefficient (Wildman–Crippen LogP) is 5.10. The lowest BCUT2D eigenvalue weighted by Crippen LogP contribution is -2.46. The summed E-state index contributed by atoms with van der Waals surface area (Å²) in [5.41, 5.74) is 1.52. The van der Waals surface area contributed by atoms with Gasteiger partial charge in [-0.1, -0.05) is 44.2 Å². The molecule has 1 aliphatic rings. The van der Waals surface area contributed by atoms with E-state index in [0.29, 0.717) is 17.2 Å². The number of amides is 3. The van der Waals surface area contributed by atoms with Crippen LogP contribution in [0.15, 0.2) is 59.8 Å². The molecule has 0 bridgehead atoms. The minimum atomic E-state index is -4.52. The molecule has 0 aromatic heterocycles. The summed E-state index contributed by atoms with van der Waals surface area (Å²) in [4.78, 5) is 25.0. The Bertz CT molecular complexity index is 995. The first kappa shape index (κ1) is 21.4. The molecule has 2 aromatic carbocycles. The molecule has 0 unspecified atom stereocenters. The van der Waals surface area contributed by atoms with E-state index in [9.17, 15) is 22.8 Å². The van der Waals surface area contributed by atoms with Crippen LogP contribution in [0.5, 0.6) is 0 Å². The Morgan fingerprint density at radius 2 is 1.77 bits per heavy atom. The molecule has 3 amide bonds. The molecule has 8 heteroatoms. The summed E-state index contributed by atoms with van der Waals surface area (Å²) < 4.78 is 38.9. The van der Waals surface area contributed by atoms with Crippen LogP contribution in [-0.4, -0.2) is 11.9 Å². The zero-order chi connectivity index (χ0) is 22.1. The molecule has 1 heterocycles. The Kier molecular flexibility index (Phi) is 5.87. The maximum Gasteiger partial charge on any atom is 0.416 e. The number of nitrogens with one attached hydrogen (secondary N) is 3. The molecule has 0 saturated heterocycles. The van der Waals surface area contributed by atoms with E-state index < -0.39 is 29.7 Å². The van der Waals surface area contributed by atoms with Crippen LogP contribution >= 0.6 is 0 Å². The molecular weight excluding hydrogens is 395 g/mol. The minimum absolute atomic E-state index is 0.0148. The van der Waals surface area contributed by atoms with E-state index in [4.69, 9.17) is 0 Å². The Morgan fingerprint density at radius 3 is 2.37 bits per heavy atom. The average molecular weight is 417 g/mol. The zero-order valence-corrected chi connectivity index (χ0v) is 16.7. The topological polar surface area (TPSA) is 70.2 Å². The van der Waals surface area contributed by atoms with Gasteiger partial charge in [0.05, 0.1) is 17.2 Å². The Hall–Kier alpha value is -3.29. The van der Waals surface area contributed by atoms with E-state index in [0.717, 1.165) is 17.7 Å². The van der Waals surface area contributed by atoms with Crippen LogP contribution in [0.4, 0.5) is 23.7 Å². The SMILES string of the molecule is CC1=C(C(=O)Nc2cccc(C(F)(F)F)c2)[C@@H](c2ccc(C(C)C)cc2)NC(=O)N1. The molecule has 158 valence electrons. The summed E-state index contributed by atoms with van der Waals surface area (Å²) in [6.45, 7) is 5.69. The second-order valence-electron chi connectivity index (χ2n) is 7.42. The van der Waals surface area contributed by atoms with Gasteiger partial charge in [-0.05, 0) is 42.2 Å². The smallest absolute Gasteiger partial charge is 0.327 e. The highest BCUT2D eigenvalue weighted by Gasteiger charge is 2.33. The van der Waals surface area contributed by atoms with Crippen LogP contribution in [0.2, 0.25) is 0 Å². The summed E-state index contributed by atoms with van der Waals surface area (Å²) in [5, 5.41) is 7.78. The van der Waals surface area contributed by atoms with Gasteiger partial charge < -0.3 is 16.0 Å². The number of anilines is 1. The lowest BCUT2D eigenvalue weighted by Gasteiger charge is -2.29. The number of halogens is 3. The van der Waals surface area contributed by atoms with Crippen molar-refractivity contribution in [2.75, 3.05) is 5.32 Å². The van der Waals surface area contributed by atoms with E-state index in [-0.39, 0.29) is 11.3 Å². The van der Waals surface area contributed by atoms with Gasteiger partial charge in [0, 0.05) is 11.4 Å². The van der Waals surface area contributed by atoms with Gasteiger partial charge >= 0.3 is 12.2 Å². The zero-order valence-electron chi connectivity index (χ0n) is 16.7. The largest absolute Gasteiger partial charge is 0.416 e. The van der Waals surface area contributed by atoms with Gasteiger partial charge in [0.2, 0.25) is 0 Å². The van der Waals surface area contributed by atoms with Crippen molar-refractivity contribution in [1.82, 2.24) is 10.6 Å². The first-order valence-corrected chi connectivity index (χ1v) is 9.43. The first-order chi connectivity index (χ1) is 14.1. The minimum Gasteiger partial charge on any atom is -0.327 e. The third kappa shape index (κ3) is 4.64. The lowest BCUT2D eigenvalue weighted by atomic mass is 9.92. The molecule has 1 aliphatic heterocycles. The van der Waals surface area contributed by atoms with Gasteiger partial charge in [0.15, 0.2) is 0 Å². The van der Waals surface area contributed by atoms with Crippen LogP contribution in [0, 0.1) is 0 Å². The van der Waals surface area contributed by atoms with E-state index in [1.165, 1.54) is 12.1 Å². The molecule has 2 aromatic rings.